The third-order valence-electron chi connectivity index (χ3n) is 7.43. The summed E-state index contributed by atoms with van der Waals surface area (Å²) in [6.45, 7) is 5.53. The summed E-state index contributed by atoms with van der Waals surface area (Å²) in [5.41, 5.74) is -0.704. The standard InChI is InChI=1S/C20H24O6/c1-10-8-19-9-20(10,25)7-6-12(19)11-4-5-13(21)18(2,17(23)24)14(11)15(19)16(22)26-3/h4-5,13-15,21,25H,1,6-9H2,2-3H3,(H,23,24)/t13-,14+,15+,18+,19-,20-/m0/s1. The van der Waals surface area contributed by atoms with Crippen LogP contribution in [-0.4, -0.2) is 46.1 Å². The van der Waals surface area contributed by atoms with Gasteiger partial charge in [0.1, 0.15) is 5.41 Å². The van der Waals surface area contributed by atoms with Crippen molar-refractivity contribution in [1.29, 1.82) is 0 Å². The summed E-state index contributed by atoms with van der Waals surface area (Å²) in [5, 5.41) is 31.4. The molecule has 4 aliphatic carbocycles. The van der Waals surface area contributed by atoms with E-state index in [-0.39, 0.29) is 0 Å². The highest BCUT2D eigenvalue weighted by molar-refractivity contribution is 5.84. The van der Waals surface area contributed by atoms with E-state index in [1.807, 2.05) is 0 Å². The number of hydrogen-bond acceptors (Lipinski definition) is 5. The number of carboxylic acid groups (broad SMARTS) is 1. The molecular formula is C20H24O6. The Bertz CT molecular complexity index is 794. The van der Waals surface area contributed by atoms with Gasteiger partial charge in [-0.3, -0.25) is 9.59 Å². The lowest BCUT2D eigenvalue weighted by Gasteiger charge is -2.44. The molecule has 2 fully saturated rings. The second-order valence-electron chi connectivity index (χ2n) is 8.45. The monoisotopic (exact) mass is 360 g/mol. The van der Waals surface area contributed by atoms with Crippen molar-refractivity contribution in [3.8, 4) is 0 Å². The van der Waals surface area contributed by atoms with Crippen LogP contribution in [0.2, 0.25) is 0 Å². The number of rotatable bonds is 2. The molecule has 6 atom stereocenters. The van der Waals surface area contributed by atoms with Gasteiger partial charge in [-0.05, 0) is 43.8 Å². The number of carbonyl (C=O) groups is 2. The van der Waals surface area contributed by atoms with Crippen LogP contribution in [0.4, 0.5) is 0 Å². The van der Waals surface area contributed by atoms with Crippen LogP contribution in [0.1, 0.15) is 32.6 Å². The number of aliphatic hydroxyl groups is 2. The molecule has 0 radical (unpaired) electrons. The fraction of sp³-hybridized carbons (Fsp3) is 0.600. The maximum Gasteiger partial charge on any atom is 0.312 e. The smallest absolute Gasteiger partial charge is 0.312 e. The summed E-state index contributed by atoms with van der Waals surface area (Å²) >= 11 is 0. The number of fused-ring (bicyclic) bond motifs is 2. The van der Waals surface area contributed by atoms with Crippen molar-refractivity contribution in [2.45, 2.75) is 44.3 Å². The van der Waals surface area contributed by atoms with Crippen molar-refractivity contribution < 1.29 is 29.6 Å². The van der Waals surface area contributed by atoms with Crippen molar-refractivity contribution in [3.05, 3.63) is 35.5 Å². The quantitative estimate of drug-likeness (QED) is 0.510. The van der Waals surface area contributed by atoms with Crippen LogP contribution < -0.4 is 0 Å². The van der Waals surface area contributed by atoms with Gasteiger partial charge in [-0.2, -0.15) is 0 Å². The molecule has 2 bridgehead atoms. The van der Waals surface area contributed by atoms with Crippen molar-refractivity contribution in [1.82, 2.24) is 0 Å². The van der Waals surface area contributed by atoms with E-state index in [0.717, 1.165) is 11.1 Å². The van der Waals surface area contributed by atoms with E-state index in [0.29, 0.717) is 31.3 Å². The first kappa shape index (κ1) is 17.5. The molecule has 4 rings (SSSR count). The largest absolute Gasteiger partial charge is 0.481 e. The van der Waals surface area contributed by atoms with E-state index >= 15 is 0 Å². The third kappa shape index (κ3) is 1.79. The molecule has 0 heterocycles. The lowest BCUT2D eigenvalue weighted by Crippen LogP contribution is -2.52. The highest BCUT2D eigenvalue weighted by Crippen LogP contribution is 2.71. The predicted molar refractivity (Wildman–Crippen MR) is 91.9 cm³/mol. The Morgan fingerprint density at radius 3 is 2.69 bits per heavy atom. The molecule has 140 valence electrons. The van der Waals surface area contributed by atoms with Gasteiger partial charge in [-0.15, -0.1) is 0 Å². The molecule has 26 heavy (non-hydrogen) atoms. The summed E-state index contributed by atoms with van der Waals surface area (Å²) in [7, 11) is 1.29. The molecule has 4 aliphatic rings. The van der Waals surface area contributed by atoms with Crippen molar-refractivity contribution in [2.75, 3.05) is 7.11 Å². The molecular weight excluding hydrogens is 336 g/mol. The molecule has 0 aromatic rings. The zero-order valence-electron chi connectivity index (χ0n) is 15.0. The zero-order valence-corrected chi connectivity index (χ0v) is 15.0. The first-order chi connectivity index (χ1) is 12.1. The molecule has 0 saturated heterocycles. The van der Waals surface area contributed by atoms with Crippen LogP contribution in [0.25, 0.3) is 0 Å². The normalized spacial score (nSPS) is 46.2. The Morgan fingerprint density at radius 1 is 1.38 bits per heavy atom. The first-order valence-corrected chi connectivity index (χ1v) is 8.93. The second kappa shape index (κ2) is 5.08. The van der Waals surface area contributed by atoms with E-state index in [1.165, 1.54) is 20.1 Å². The summed E-state index contributed by atoms with van der Waals surface area (Å²) < 4.78 is 5.08. The van der Waals surface area contributed by atoms with Gasteiger partial charge in [0.2, 0.25) is 0 Å². The topological polar surface area (TPSA) is 104 Å². The van der Waals surface area contributed by atoms with Crippen LogP contribution in [0, 0.1) is 22.7 Å². The van der Waals surface area contributed by atoms with Crippen LogP contribution in [0.3, 0.4) is 0 Å². The molecule has 6 heteroatoms. The zero-order chi connectivity index (χ0) is 19.1. The van der Waals surface area contributed by atoms with Gasteiger partial charge in [0.05, 0.1) is 24.7 Å². The van der Waals surface area contributed by atoms with E-state index in [2.05, 4.69) is 6.58 Å². The number of aliphatic carboxylic acids is 1. The number of carboxylic acids is 1. The minimum absolute atomic E-state index is 0.355. The average molecular weight is 360 g/mol. The molecule has 0 amide bonds. The Labute approximate surface area is 151 Å². The highest BCUT2D eigenvalue weighted by Gasteiger charge is 2.70. The molecule has 0 aromatic carbocycles. The van der Waals surface area contributed by atoms with Gasteiger partial charge >= 0.3 is 11.9 Å². The predicted octanol–water partition coefficient (Wildman–Crippen LogP) is 1.58. The van der Waals surface area contributed by atoms with E-state index in [4.69, 9.17) is 4.74 Å². The fourth-order valence-corrected chi connectivity index (χ4v) is 6.04. The molecule has 0 unspecified atom stereocenters. The van der Waals surface area contributed by atoms with Crippen LogP contribution in [-0.2, 0) is 14.3 Å². The SMILES string of the molecule is C=C1C[C@]23C[C@@]1(O)CCC2=C1C=C[C@H](O)[C@@](C)(C(=O)O)[C@H]1[C@@H]3C(=O)OC. The van der Waals surface area contributed by atoms with Gasteiger partial charge in [-0.1, -0.05) is 24.3 Å². The van der Waals surface area contributed by atoms with Gasteiger partial charge in [0.15, 0.2) is 0 Å². The number of esters is 1. The average Bonchev–Trinajstić information content (AvgIpc) is 2.97. The molecule has 0 aliphatic heterocycles. The lowest BCUT2D eigenvalue weighted by atomic mass is 9.59. The molecule has 1 spiro atoms. The van der Waals surface area contributed by atoms with Crippen LogP contribution >= 0.6 is 0 Å². The second-order valence-corrected chi connectivity index (χ2v) is 8.45. The molecule has 0 aromatic heterocycles. The minimum atomic E-state index is -1.54. The van der Waals surface area contributed by atoms with Crippen molar-refractivity contribution in [2.24, 2.45) is 22.7 Å². The molecule has 6 nitrogen and oxygen atoms in total. The van der Waals surface area contributed by atoms with Gasteiger partial charge in [0, 0.05) is 11.3 Å². The number of ether oxygens (including phenoxy) is 1. The van der Waals surface area contributed by atoms with Gasteiger partial charge in [-0.25, -0.2) is 0 Å². The molecule has 3 N–H and O–H groups in total. The van der Waals surface area contributed by atoms with E-state index < -0.39 is 46.3 Å². The Balaban J connectivity index is 1.98. The van der Waals surface area contributed by atoms with Crippen molar-refractivity contribution in [3.63, 3.8) is 0 Å². The van der Waals surface area contributed by atoms with Crippen LogP contribution in [0.5, 0.6) is 0 Å². The summed E-state index contributed by atoms with van der Waals surface area (Å²) in [6.07, 6.45) is 3.97. The summed E-state index contributed by atoms with van der Waals surface area (Å²) in [5.74, 6) is -3.09. The number of hydrogen-bond donors (Lipinski definition) is 3. The fourth-order valence-electron chi connectivity index (χ4n) is 6.04. The number of allylic oxidation sites excluding steroid dienone is 3. The number of methoxy groups -OCH3 is 1. The minimum Gasteiger partial charge on any atom is -0.481 e. The van der Waals surface area contributed by atoms with Crippen molar-refractivity contribution >= 4 is 11.9 Å². The summed E-state index contributed by atoms with van der Waals surface area (Å²) in [6, 6.07) is 0. The van der Waals surface area contributed by atoms with Gasteiger partial charge in [0.25, 0.3) is 0 Å². The summed E-state index contributed by atoms with van der Waals surface area (Å²) in [4.78, 5) is 25.1. The van der Waals surface area contributed by atoms with Crippen LogP contribution in [0.15, 0.2) is 35.5 Å². The maximum atomic E-state index is 12.9. The highest BCUT2D eigenvalue weighted by atomic mass is 16.5. The maximum absolute atomic E-state index is 12.9. The number of aliphatic hydroxyl groups excluding tert-OH is 1. The lowest BCUT2D eigenvalue weighted by molar-refractivity contribution is -0.166. The number of carbonyl (C=O) groups excluding carboxylic acids is 1. The van der Waals surface area contributed by atoms with E-state index in [9.17, 15) is 24.9 Å². The molecule has 2 saturated carbocycles. The first-order valence-electron chi connectivity index (χ1n) is 8.93. The van der Waals surface area contributed by atoms with E-state index in [1.54, 1.807) is 6.08 Å². The van der Waals surface area contributed by atoms with Gasteiger partial charge < -0.3 is 20.1 Å². The Kier molecular flexibility index (Phi) is 3.42. The third-order valence-corrected chi connectivity index (χ3v) is 7.43. The Hall–Kier alpha value is -1.92. The Morgan fingerprint density at radius 2 is 2.08 bits per heavy atom.